The fraction of sp³-hybridized carbons (Fsp3) is 0.667. The summed E-state index contributed by atoms with van der Waals surface area (Å²) in [6, 6.07) is 0. The van der Waals surface area contributed by atoms with Gasteiger partial charge >= 0.3 is 0 Å². The molecule has 0 rings (SSSR count). The average Bonchev–Trinajstić information content (AvgIpc) is 1.97. The Morgan fingerprint density at radius 2 is 2.00 bits per heavy atom. The second-order valence-corrected chi connectivity index (χ2v) is 2.25. The average molecular weight is 141 g/mol. The standard InChI is InChI=1S/C9H17O/c1-3-5-6-7-9-10-8-4-2/h3H,1-2,4-9H2. The second kappa shape index (κ2) is 8.70. The van der Waals surface area contributed by atoms with E-state index < -0.39 is 0 Å². The molecule has 0 aromatic heterocycles. The normalized spacial score (nSPS) is 9.70. The summed E-state index contributed by atoms with van der Waals surface area (Å²) >= 11 is 0. The Labute approximate surface area is 64.1 Å². The van der Waals surface area contributed by atoms with Crippen molar-refractivity contribution in [3.8, 4) is 0 Å². The van der Waals surface area contributed by atoms with E-state index >= 15 is 0 Å². The number of unbranched alkanes of at least 4 members (excludes halogenated alkanes) is 2. The molecular formula is C9H17O. The molecule has 0 aliphatic heterocycles. The van der Waals surface area contributed by atoms with Gasteiger partial charge in [-0.15, -0.1) is 6.58 Å². The monoisotopic (exact) mass is 141 g/mol. The number of allylic oxidation sites excluding steroid dienone is 1. The van der Waals surface area contributed by atoms with Gasteiger partial charge in [-0.2, -0.15) is 0 Å². The van der Waals surface area contributed by atoms with Gasteiger partial charge in [0.2, 0.25) is 0 Å². The molecule has 0 bridgehead atoms. The van der Waals surface area contributed by atoms with E-state index in [9.17, 15) is 0 Å². The van der Waals surface area contributed by atoms with E-state index in [-0.39, 0.29) is 0 Å². The van der Waals surface area contributed by atoms with Gasteiger partial charge in [-0.25, -0.2) is 0 Å². The number of hydrogen-bond acceptors (Lipinski definition) is 1. The minimum atomic E-state index is 0.800. The minimum absolute atomic E-state index is 0.800. The van der Waals surface area contributed by atoms with Crippen LogP contribution in [-0.2, 0) is 4.74 Å². The van der Waals surface area contributed by atoms with Crippen molar-refractivity contribution in [1.29, 1.82) is 0 Å². The SMILES string of the molecule is [CH2]CCOCCCCC=C. The van der Waals surface area contributed by atoms with Crippen LogP contribution in [0.15, 0.2) is 12.7 Å². The Morgan fingerprint density at radius 1 is 1.20 bits per heavy atom. The summed E-state index contributed by atoms with van der Waals surface area (Å²) in [7, 11) is 0. The van der Waals surface area contributed by atoms with Crippen molar-refractivity contribution in [3.63, 3.8) is 0 Å². The molecular weight excluding hydrogens is 124 g/mol. The Bertz CT molecular complexity index is 69.1. The largest absolute Gasteiger partial charge is 0.381 e. The maximum atomic E-state index is 5.23. The summed E-state index contributed by atoms with van der Waals surface area (Å²) in [4.78, 5) is 0. The summed E-state index contributed by atoms with van der Waals surface area (Å²) in [6.45, 7) is 9.00. The van der Waals surface area contributed by atoms with Crippen molar-refractivity contribution in [2.75, 3.05) is 13.2 Å². The molecule has 0 unspecified atom stereocenters. The van der Waals surface area contributed by atoms with E-state index in [2.05, 4.69) is 13.5 Å². The van der Waals surface area contributed by atoms with E-state index in [4.69, 9.17) is 4.74 Å². The van der Waals surface area contributed by atoms with Crippen LogP contribution in [0.4, 0.5) is 0 Å². The lowest BCUT2D eigenvalue weighted by Crippen LogP contribution is -1.94. The summed E-state index contributed by atoms with van der Waals surface area (Å²) in [5, 5.41) is 0. The highest BCUT2D eigenvalue weighted by atomic mass is 16.5. The third-order valence-electron chi connectivity index (χ3n) is 1.24. The van der Waals surface area contributed by atoms with Crippen molar-refractivity contribution in [2.24, 2.45) is 0 Å². The lowest BCUT2D eigenvalue weighted by Gasteiger charge is -1.99. The van der Waals surface area contributed by atoms with Gasteiger partial charge in [-0.05, 0) is 25.7 Å². The van der Waals surface area contributed by atoms with Crippen LogP contribution >= 0.6 is 0 Å². The Kier molecular flexibility index (Phi) is 8.44. The molecule has 0 aromatic carbocycles. The van der Waals surface area contributed by atoms with Crippen molar-refractivity contribution in [3.05, 3.63) is 19.6 Å². The molecule has 0 saturated carbocycles. The lowest BCUT2D eigenvalue weighted by molar-refractivity contribution is 0.134. The van der Waals surface area contributed by atoms with E-state index in [0.29, 0.717) is 0 Å². The molecule has 1 nitrogen and oxygen atoms in total. The highest BCUT2D eigenvalue weighted by Crippen LogP contribution is 1.95. The van der Waals surface area contributed by atoms with Gasteiger partial charge in [0, 0.05) is 13.2 Å². The van der Waals surface area contributed by atoms with Crippen molar-refractivity contribution < 1.29 is 4.74 Å². The van der Waals surface area contributed by atoms with Gasteiger partial charge in [-0.1, -0.05) is 13.0 Å². The highest BCUT2D eigenvalue weighted by molar-refractivity contribution is 4.65. The van der Waals surface area contributed by atoms with Crippen molar-refractivity contribution in [2.45, 2.75) is 25.7 Å². The van der Waals surface area contributed by atoms with Gasteiger partial charge in [0.15, 0.2) is 0 Å². The molecule has 0 N–H and O–H groups in total. The molecule has 0 amide bonds. The van der Waals surface area contributed by atoms with E-state index in [0.717, 1.165) is 32.5 Å². The molecule has 0 atom stereocenters. The molecule has 1 radical (unpaired) electrons. The molecule has 0 aliphatic carbocycles. The van der Waals surface area contributed by atoms with Crippen LogP contribution in [0.1, 0.15) is 25.7 Å². The number of rotatable bonds is 7. The summed E-state index contributed by atoms with van der Waals surface area (Å²) in [5.74, 6) is 0. The van der Waals surface area contributed by atoms with E-state index in [1.165, 1.54) is 6.42 Å². The zero-order valence-electron chi connectivity index (χ0n) is 6.64. The maximum absolute atomic E-state index is 5.23. The summed E-state index contributed by atoms with van der Waals surface area (Å²) < 4.78 is 5.23. The first-order chi connectivity index (χ1) is 4.91. The summed E-state index contributed by atoms with van der Waals surface area (Å²) in [6.07, 6.45) is 6.27. The first-order valence-corrected chi connectivity index (χ1v) is 3.89. The van der Waals surface area contributed by atoms with Gasteiger partial charge in [0.25, 0.3) is 0 Å². The second-order valence-electron chi connectivity index (χ2n) is 2.25. The maximum Gasteiger partial charge on any atom is 0.0466 e. The molecule has 0 fully saturated rings. The lowest BCUT2D eigenvalue weighted by atomic mass is 10.2. The molecule has 0 aliphatic rings. The predicted octanol–water partition coefficient (Wildman–Crippen LogP) is 2.58. The Hall–Kier alpha value is -0.300. The predicted molar refractivity (Wildman–Crippen MR) is 44.8 cm³/mol. The van der Waals surface area contributed by atoms with Crippen molar-refractivity contribution in [1.82, 2.24) is 0 Å². The fourth-order valence-corrected chi connectivity index (χ4v) is 0.697. The molecule has 0 heterocycles. The summed E-state index contributed by atoms with van der Waals surface area (Å²) in [5.41, 5.74) is 0. The Morgan fingerprint density at radius 3 is 2.60 bits per heavy atom. The Balaban J connectivity index is 2.70. The molecule has 59 valence electrons. The van der Waals surface area contributed by atoms with Crippen LogP contribution in [0, 0.1) is 6.92 Å². The quantitative estimate of drug-likeness (QED) is 0.391. The van der Waals surface area contributed by atoms with Crippen LogP contribution in [0.5, 0.6) is 0 Å². The number of hydrogen-bond donors (Lipinski definition) is 0. The first-order valence-electron chi connectivity index (χ1n) is 3.89. The third-order valence-corrected chi connectivity index (χ3v) is 1.24. The molecule has 0 saturated heterocycles. The third kappa shape index (κ3) is 7.70. The first kappa shape index (κ1) is 9.70. The van der Waals surface area contributed by atoms with Crippen LogP contribution in [-0.4, -0.2) is 13.2 Å². The van der Waals surface area contributed by atoms with Gasteiger partial charge in [0.1, 0.15) is 0 Å². The molecule has 1 heteroatoms. The smallest absolute Gasteiger partial charge is 0.0466 e. The van der Waals surface area contributed by atoms with Gasteiger partial charge in [0.05, 0.1) is 0 Å². The van der Waals surface area contributed by atoms with Crippen LogP contribution < -0.4 is 0 Å². The van der Waals surface area contributed by atoms with Crippen LogP contribution in [0.3, 0.4) is 0 Å². The van der Waals surface area contributed by atoms with Crippen LogP contribution in [0.25, 0.3) is 0 Å². The zero-order valence-corrected chi connectivity index (χ0v) is 6.64. The van der Waals surface area contributed by atoms with Crippen molar-refractivity contribution >= 4 is 0 Å². The van der Waals surface area contributed by atoms with Gasteiger partial charge < -0.3 is 4.74 Å². The molecule has 0 aromatic rings. The van der Waals surface area contributed by atoms with E-state index in [1.54, 1.807) is 0 Å². The van der Waals surface area contributed by atoms with Crippen LogP contribution in [0.2, 0.25) is 0 Å². The molecule has 10 heavy (non-hydrogen) atoms. The van der Waals surface area contributed by atoms with E-state index in [1.807, 2.05) is 6.08 Å². The highest BCUT2D eigenvalue weighted by Gasteiger charge is 1.85. The number of ether oxygens (including phenoxy) is 1. The minimum Gasteiger partial charge on any atom is -0.381 e. The fourth-order valence-electron chi connectivity index (χ4n) is 0.697. The van der Waals surface area contributed by atoms with Gasteiger partial charge in [-0.3, -0.25) is 0 Å². The topological polar surface area (TPSA) is 9.23 Å². The molecule has 0 spiro atoms. The zero-order chi connectivity index (χ0) is 7.66.